The van der Waals surface area contributed by atoms with Crippen molar-refractivity contribution in [3.63, 3.8) is 0 Å². The van der Waals surface area contributed by atoms with Crippen LogP contribution >= 0.6 is 0 Å². The van der Waals surface area contributed by atoms with Crippen LogP contribution in [-0.2, 0) is 25.5 Å². The molecule has 0 saturated carbocycles. The van der Waals surface area contributed by atoms with Crippen molar-refractivity contribution < 1.29 is 19.1 Å². The van der Waals surface area contributed by atoms with Gasteiger partial charge in [0.05, 0.1) is 7.11 Å². The van der Waals surface area contributed by atoms with Crippen LogP contribution in [0.1, 0.15) is 32.8 Å². The average molecular weight is 411 g/mol. The Labute approximate surface area is 178 Å². The summed E-state index contributed by atoms with van der Waals surface area (Å²) in [4.78, 5) is 36.5. The highest BCUT2D eigenvalue weighted by Gasteiger charge is 2.27. The van der Waals surface area contributed by atoms with E-state index in [9.17, 15) is 14.4 Å². The van der Waals surface area contributed by atoms with E-state index in [0.717, 1.165) is 16.7 Å². The Kier molecular flexibility index (Phi) is 8.59. The highest BCUT2D eigenvalue weighted by atomic mass is 16.5. The van der Waals surface area contributed by atoms with Gasteiger partial charge in [-0.25, -0.2) is 4.79 Å². The zero-order valence-corrected chi connectivity index (χ0v) is 18.0. The number of rotatable bonds is 9. The number of carbonyl (C=O) groups excluding carboxylic acids is 3. The Balaban J connectivity index is 2.12. The normalized spacial score (nSPS) is 12.7. The highest BCUT2D eigenvalue weighted by Crippen LogP contribution is 2.20. The van der Waals surface area contributed by atoms with Crippen LogP contribution in [0.15, 0.2) is 54.6 Å². The molecule has 2 rings (SSSR count). The number of nitrogens with one attached hydrogen (secondary N) is 2. The van der Waals surface area contributed by atoms with Gasteiger partial charge in [0.2, 0.25) is 11.8 Å². The molecule has 0 aliphatic rings. The Bertz CT molecular complexity index is 847. The van der Waals surface area contributed by atoms with Crippen molar-refractivity contribution >= 4 is 17.8 Å². The number of amides is 2. The van der Waals surface area contributed by atoms with Crippen molar-refractivity contribution in [2.75, 3.05) is 7.11 Å². The molecule has 2 N–H and O–H groups in total. The molecule has 0 aromatic heterocycles. The molecule has 0 spiro atoms. The van der Waals surface area contributed by atoms with Crippen LogP contribution in [0.4, 0.5) is 0 Å². The van der Waals surface area contributed by atoms with E-state index in [1.807, 2.05) is 68.4 Å². The van der Waals surface area contributed by atoms with Gasteiger partial charge in [-0.15, -0.1) is 0 Å². The standard InChI is InChI=1S/C24H30N2O4/c1-16(2)14-21(25-17(3)27)23(28)26-22(24(29)30-4)15-18-10-12-20(13-11-18)19-8-6-5-7-9-19/h5-13,16,21-22H,14-15H2,1-4H3,(H,25,27)(H,26,28)/t21-,22+/m0/s1. The minimum Gasteiger partial charge on any atom is -0.467 e. The zero-order chi connectivity index (χ0) is 22.1. The zero-order valence-electron chi connectivity index (χ0n) is 18.0. The summed E-state index contributed by atoms with van der Waals surface area (Å²) in [5.41, 5.74) is 3.07. The van der Waals surface area contributed by atoms with Gasteiger partial charge < -0.3 is 15.4 Å². The predicted octanol–water partition coefficient (Wildman–Crippen LogP) is 3.10. The number of ether oxygens (including phenoxy) is 1. The van der Waals surface area contributed by atoms with Crippen LogP contribution in [0, 0.1) is 5.92 Å². The number of hydrogen-bond donors (Lipinski definition) is 2. The van der Waals surface area contributed by atoms with E-state index in [0.29, 0.717) is 12.8 Å². The van der Waals surface area contributed by atoms with Gasteiger partial charge in [-0.05, 0) is 29.0 Å². The van der Waals surface area contributed by atoms with E-state index >= 15 is 0 Å². The van der Waals surface area contributed by atoms with Gasteiger partial charge in [-0.1, -0.05) is 68.4 Å². The molecule has 2 amide bonds. The van der Waals surface area contributed by atoms with Gasteiger partial charge in [-0.3, -0.25) is 9.59 Å². The lowest BCUT2D eigenvalue weighted by atomic mass is 9.99. The molecule has 0 aliphatic heterocycles. The van der Waals surface area contributed by atoms with E-state index in [1.54, 1.807) is 0 Å². The van der Waals surface area contributed by atoms with Crippen molar-refractivity contribution in [1.82, 2.24) is 10.6 Å². The molecular formula is C24H30N2O4. The smallest absolute Gasteiger partial charge is 0.328 e. The molecule has 6 nitrogen and oxygen atoms in total. The van der Waals surface area contributed by atoms with Crippen molar-refractivity contribution in [3.8, 4) is 11.1 Å². The van der Waals surface area contributed by atoms with Crippen molar-refractivity contribution in [1.29, 1.82) is 0 Å². The molecule has 0 fully saturated rings. The summed E-state index contributed by atoms with van der Waals surface area (Å²) in [7, 11) is 1.29. The summed E-state index contributed by atoms with van der Waals surface area (Å²) in [6.07, 6.45) is 0.771. The van der Waals surface area contributed by atoms with E-state index in [4.69, 9.17) is 4.74 Å². The molecule has 0 aliphatic carbocycles. The monoisotopic (exact) mass is 410 g/mol. The summed E-state index contributed by atoms with van der Waals surface area (Å²) in [5, 5.41) is 5.40. The SMILES string of the molecule is COC(=O)[C@@H](Cc1ccc(-c2ccccc2)cc1)NC(=O)[C@H](CC(C)C)NC(C)=O. The molecule has 0 bridgehead atoms. The quantitative estimate of drug-likeness (QED) is 0.622. The maximum atomic E-state index is 12.7. The summed E-state index contributed by atoms with van der Waals surface area (Å²) in [5.74, 6) is -1.01. The van der Waals surface area contributed by atoms with Gasteiger partial charge >= 0.3 is 5.97 Å². The summed E-state index contributed by atoms with van der Waals surface area (Å²) < 4.78 is 4.88. The number of hydrogen-bond acceptors (Lipinski definition) is 4. The van der Waals surface area contributed by atoms with Gasteiger partial charge in [0.25, 0.3) is 0 Å². The largest absolute Gasteiger partial charge is 0.467 e. The van der Waals surface area contributed by atoms with Crippen LogP contribution in [0.3, 0.4) is 0 Å². The van der Waals surface area contributed by atoms with Gasteiger partial charge in [0.15, 0.2) is 0 Å². The lowest BCUT2D eigenvalue weighted by Gasteiger charge is -2.23. The Morgan fingerprint density at radius 1 is 0.867 bits per heavy atom. The lowest BCUT2D eigenvalue weighted by molar-refractivity contribution is -0.145. The highest BCUT2D eigenvalue weighted by molar-refractivity contribution is 5.90. The second kappa shape index (κ2) is 11.1. The molecule has 2 aromatic rings. The number of esters is 1. The van der Waals surface area contributed by atoms with E-state index in [-0.39, 0.29) is 11.8 Å². The predicted molar refractivity (Wildman–Crippen MR) is 117 cm³/mol. The molecule has 30 heavy (non-hydrogen) atoms. The topological polar surface area (TPSA) is 84.5 Å². The van der Waals surface area contributed by atoms with Crippen molar-refractivity contribution in [2.24, 2.45) is 5.92 Å². The molecular weight excluding hydrogens is 380 g/mol. The Hall–Kier alpha value is -3.15. The molecule has 0 saturated heterocycles. The fraction of sp³-hybridized carbons (Fsp3) is 0.375. The van der Waals surface area contributed by atoms with E-state index in [2.05, 4.69) is 10.6 Å². The first kappa shape index (κ1) is 23.1. The number of benzene rings is 2. The molecule has 2 atom stereocenters. The maximum absolute atomic E-state index is 12.7. The summed E-state index contributed by atoms with van der Waals surface area (Å²) >= 11 is 0. The minimum atomic E-state index is -0.839. The molecule has 0 radical (unpaired) electrons. The van der Waals surface area contributed by atoms with Crippen LogP contribution < -0.4 is 10.6 Å². The summed E-state index contributed by atoms with van der Waals surface area (Å²) in [6.45, 7) is 5.30. The molecule has 0 unspecified atom stereocenters. The Morgan fingerprint density at radius 3 is 2.00 bits per heavy atom. The molecule has 2 aromatic carbocycles. The average Bonchev–Trinajstić information content (AvgIpc) is 2.72. The molecule has 0 heterocycles. The van der Waals surface area contributed by atoms with Gasteiger partial charge in [0, 0.05) is 13.3 Å². The van der Waals surface area contributed by atoms with E-state index < -0.39 is 24.0 Å². The van der Waals surface area contributed by atoms with E-state index in [1.165, 1.54) is 14.0 Å². The van der Waals surface area contributed by atoms with Crippen LogP contribution in [-0.4, -0.2) is 37.0 Å². The minimum absolute atomic E-state index is 0.203. The third kappa shape index (κ3) is 7.03. The second-order valence-corrected chi connectivity index (χ2v) is 7.73. The van der Waals surface area contributed by atoms with Gasteiger partial charge in [0.1, 0.15) is 12.1 Å². The first-order chi connectivity index (χ1) is 14.3. The van der Waals surface area contributed by atoms with Crippen molar-refractivity contribution in [2.45, 2.75) is 45.7 Å². The Morgan fingerprint density at radius 2 is 1.47 bits per heavy atom. The maximum Gasteiger partial charge on any atom is 0.328 e. The first-order valence-electron chi connectivity index (χ1n) is 10.1. The van der Waals surface area contributed by atoms with Crippen LogP contribution in [0.2, 0.25) is 0 Å². The molecule has 6 heteroatoms. The van der Waals surface area contributed by atoms with Crippen LogP contribution in [0.25, 0.3) is 11.1 Å². The number of methoxy groups -OCH3 is 1. The first-order valence-corrected chi connectivity index (χ1v) is 10.1. The van der Waals surface area contributed by atoms with Crippen LogP contribution in [0.5, 0.6) is 0 Å². The third-order valence-corrected chi connectivity index (χ3v) is 4.70. The fourth-order valence-corrected chi connectivity index (χ4v) is 3.26. The van der Waals surface area contributed by atoms with Crippen molar-refractivity contribution in [3.05, 3.63) is 60.2 Å². The second-order valence-electron chi connectivity index (χ2n) is 7.73. The third-order valence-electron chi connectivity index (χ3n) is 4.70. The fourth-order valence-electron chi connectivity index (χ4n) is 3.26. The number of carbonyl (C=O) groups is 3. The lowest BCUT2D eigenvalue weighted by Crippen LogP contribution is -2.52. The van der Waals surface area contributed by atoms with Gasteiger partial charge in [-0.2, -0.15) is 0 Å². The summed E-state index contributed by atoms with van der Waals surface area (Å²) in [6, 6.07) is 16.3. The molecule has 160 valence electrons.